The molecule has 0 atom stereocenters. The average Bonchev–Trinajstić information content (AvgIpc) is 2.93. The van der Waals surface area contributed by atoms with E-state index in [2.05, 4.69) is 125 Å². The molecule has 6 rings (SSSR count). The first-order chi connectivity index (χ1) is 16.8. The predicted octanol–water partition coefficient (Wildman–Crippen LogP) is 8.97. The highest BCUT2D eigenvalue weighted by molar-refractivity contribution is 6.20. The van der Waals surface area contributed by atoms with Gasteiger partial charge in [0.25, 0.3) is 0 Å². The van der Waals surface area contributed by atoms with Crippen LogP contribution in [0.4, 0.5) is 5.69 Å². The zero-order valence-corrected chi connectivity index (χ0v) is 21.4. The Bertz CT molecular complexity index is 1520. The van der Waals surface area contributed by atoms with Gasteiger partial charge >= 0.3 is 0 Å². The normalized spacial score (nSPS) is 14.7. The molecule has 35 heavy (non-hydrogen) atoms. The number of benzene rings is 4. The van der Waals surface area contributed by atoms with Crippen LogP contribution < -0.4 is 4.90 Å². The SMILES string of the molecule is Cc1cc(C)cc(N2C=C3C(=CC2)c2ccccc2-c2cccc4c(CC(C)(C)C)ccc3c24)c1. The smallest absolute Gasteiger partial charge is 0.0415 e. The molecule has 0 radical (unpaired) electrons. The molecule has 0 aromatic heterocycles. The third kappa shape index (κ3) is 3.80. The fourth-order valence-corrected chi connectivity index (χ4v) is 5.94. The second-order valence-electron chi connectivity index (χ2n) is 11.4. The number of nitrogens with zero attached hydrogens (tertiary/aromatic N) is 1. The molecule has 4 aromatic carbocycles. The predicted molar refractivity (Wildman–Crippen MR) is 152 cm³/mol. The maximum absolute atomic E-state index is 2.42. The quantitative estimate of drug-likeness (QED) is 0.291. The van der Waals surface area contributed by atoms with Crippen LogP contribution in [-0.4, -0.2) is 6.54 Å². The summed E-state index contributed by atoms with van der Waals surface area (Å²) >= 11 is 0. The van der Waals surface area contributed by atoms with E-state index in [9.17, 15) is 0 Å². The van der Waals surface area contributed by atoms with Crippen molar-refractivity contribution in [3.63, 3.8) is 0 Å². The zero-order valence-electron chi connectivity index (χ0n) is 21.4. The van der Waals surface area contributed by atoms with Crippen LogP contribution in [0.3, 0.4) is 0 Å². The number of anilines is 1. The summed E-state index contributed by atoms with van der Waals surface area (Å²) in [6.45, 7) is 12.2. The number of fused-ring (bicyclic) bond motifs is 5. The third-order valence-corrected chi connectivity index (χ3v) is 7.25. The summed E-state index contributed by atoms with van der Waals surface area (Å²) in [5.74, 6) is 0. The van der Waals surface area contributed by atoms with Crippen LogP contribution in [0.2, 0.25) is 0 Å². The molecule has 0 amide bonds. The lowest BCUT2D eigenvalue weighted by Crippen LogP contribution is -2.20. The molecular formula is C34H33N. The molecular weight excluding hydrogens is 422 g/mol. The molecule has 174 valence electrons. The summed E-state index contributed by atoms with van der Waals surface area (Å²) in [6, 6.07) is 27.4. The van der Waals surface area contributed by atoms with Gasteiger partial charge in [0.1, 0.15) is 0 Å². The lowest BCUT2D eigenvalue weighted by atomic mass is 9.83. The van der Waals surface area contributed by atoms with Crippen molar-refractivity contribution in [3.05, 3.63) is 113 Å². The molecule has 1 heteroatoms. The Morgan fingerprint density at radius 1 is 0.714 bits per heavy atom. The van der Waals surface area contributed by atoms with Gasteiger partial charge in [-0.2, -0.15) is 0 Å². The van der Waals surface area contributed by atoms with Crippen molar-refractivity contribution < 1.29 is 0 Å². The lowest BCUT2D eigenvalue weighted by molar-refractivity contribution is 0.412. The van der Waals surface area contributed by atoms with E-state index in [1.807, 2.05) is 0 Å². The number of hydrogen-bond acceptors (Lipinski definition) is 1. The largest absolute Gasteiger partial charge is 0.343 e. The third-order valence-electron chi connectivity index (χ3n) is 7.25. The summed E-state index contributed by atoms with van der Waals surface area (Å²) in [6.07, 6.45) is 5.87. The van der Waals surface area contributed by atoms with Crippen LogP contribution in [0.5, 0.6) is 0 Å². The number of hydrogen-bond donors (Lipinski definition) is 0. The highest BCUT2D eigenvalue weighted by atomic mass is 15.1. The molecule has 0 bridgehead atoms. The molecule has 1 heterocycles. The molecule has 0 spiro atoms. The summed E-state index contributed by atoms with van der Waals surface area (Å²) in [5.41, 5.74) is 13.6. The molecule has 1 aliphatic carbocycles. The molecule has 4 aromatic rings. The fourth-order valence-electron chi connectivity index (χ4n) is 5.94. The molecule has 1 aliphatic heterocycles. The van der Waals surface area contributed by atoms with Gasteiger partial charge in [0.15, 0.2) is 0 Å². The zero-order chi connectivity index (χ0) is 24.3. The van der Waals surface area contributed by atoms with Crippen LogP contribution in [0.25, 0.3) is 33.0 Å². The molecule has 0 N–H and O–H groups in total. The summed E-state index contributed by atoms with van der Waals surface area (Å²) in [5, 5.41) is 2.77. The minimum atomic E-state index is 0.234. The highest BCUT2D eigenvalue weighted by Crippen LogP contribution is 2.48. The van der Waals surface area contributed by atoms with Crippen molar-refractivity contribution in [3.8, 4) is 11.1 Å². The van der Waals surface area contributed by atoms with E-state index >= 15 is 0 Å². The Morgan fingerprint density at radius 2 is 1.43 bits per heavy atom. The van der Waals surface area contributed by atoms with Gasteiger partial charge in [-0.3, -0.25) is 0 Å². The van der Waals surface area contributed by atoms with Crippen molar-refractivity contribution in [2.75, 3.05) is 11.4 Å². The van der Waals surface area contributed by atoms with Crippen molar-refractivity contribution in [2.45, 2.75) is 41.0 Å². The van der Waals surface area contributed by atoms with Crippen LogP contribution in [0.1, 0.15) is 48.6 Å². The van der Waals surface area contributed by atoms with E-state index in [1.54, 1.807) is 0 Å². The van der Waals surface area contributed by atoms with Gasteiger partial charge in [-0.05, 0) is 93.1 Å². The van der Waals surface area contributed by atoms with E-state index in [0.29, 0.717) is 0 Å². The van der Waals surface area contributed by atoms with E-state index in [1.165, 1.54) is 66.6 Å². The topological polar surface area (TPSA) is 3.24 Å². The minimum absolute atomic E-state index is 0.234. The molecule has 0 saturated carbocycles. The van der Waals surface area contributed by atoms with Crippen molar-refractivity contribution in [1.29, 1.82) is 0 Å². The number of allylic oxidation sites excluding steroid dienone is 2. The highest BCUT2D eigenvalue weighted by Gasteiger charge is 2.27. The van der Waals surface area contributed by atoms with Gasteiger partial charge < -0.3 is 4.90 Å². The van der Waals surface area contributed by atoms with Crippen LogP contribution in [0, 0.1) is 19.3 Å². The average molecular weight is 456 g/mol. The molecule has 0 fully saturated rings. The fraction of sp³-hybridized carbons (Fsp3) is 0.235. The molecule has 2 aliphatic rings. The molecule has 0 saturated heterocycles. The van der Waals surface area contributed by atoms with Gasteiger partial charge in [-0.15, -0.1) is 0 Å². The molecule has 1 nitrogen and oxygen atoms in total. The lowest BCUT2D eigenvalue weighted by Gasteiger charge is -2.28. The Hall–Kier alpha value is -3.58. The van der Waals surface area contributed by atoms with E-state index in [-0.39, 0.29) is 5.41 Å². The molecule has 0 unspecified atom stereocenters. The van der Waals surface area contributed by atoms with E-state index < -0.39 is 0 Å². The summed E-state index contributed by atoms with van der Waals surface area (Å²) in [4.78, 5) is 2.41. The first-order valence-electron chi connectivity index (χ1n) is 12.7. The second-order valence-corrected chi connectivity index (χ2v) is 11.4. The Balaban J connectivity index is 1.64. The second kappa shape index (κ2) is 7.99. The monoisotopic (exact) mass is 455 g/mol. The van der Waals surface area contributed by atoms with Crippen molar-refractivity contribution in [2.24, 2.45) is 5.41 Å². The number of rotatable bonds is 2. The van der Waals surface area contributed by atoms with E-state index in [4.69, 9.17) is 0 Å². The maximum atomic E-state index is 2.42. The number of aryl methyl sites for hydroxylation is 2. The van der Waals surface area contributed by atoms with Gasteiger partial charge in [0, 0.05) is 24.0 Å². The van der Waals surface area contributed by atoms with Crippen molar-refractivity contribution >= 4 is 27.6 Å². The van der Waals surface area contributed by atoms with Crippen LogP contribution in [-0.2, 0) is 6.42 Å². The van der Waals surface area contributed by atoms with Crippen LogP contribution >= 0.6 is 0 Å². The van der Waals surface area contributed by atoms with Gasteiger partial charge in [0.05, 0.1) is 0 Å². The maximum Gasteiger partial charge on any atom is 0.0415 e. The minimum Gasteiger partial charge on any atom is -0.343 e. The van der Waals surface area contributed by atoms with Gasteiger partial charge in [0.2, 0.25) is 0 Å². The summed E-state index contributed by atoms with van der Waals surface area (Å²) < 4.78 is 0. The van der Waals surface area contributed by atoms with Gasteiger partial charge in [-0.1, -0.05) is 87.5 Å². The van der Waals surface area contributed by atoms with Crippen molar-refractivity contribution in [1.82, 2.24) is 0 Å². The standard InChI is InChI=1S/C34H33N/c1-22-17-23(2)19-25(18-22)35-16-15-29-27-9-6-7-10-28(27)30-12-8-11-26-24(20-34(3,4)5)13-14-31(33(26)30)32(29)21-35/h6-15,17-19,21H,16,20H2,1-5H3. The summed E-state index contributed by atoms with van der Waals surface area (Å²) in [7, 11) is 0. The van der Waals surface area contributed by atoms with Gasteiger partial charge in [-0.25, -0.2) is 0 Å². The first kappa shape index (κ1) is 21.9. The first-order valence-corrected chi connectivity index (χ1v) is 12.7. The van der Waals surface area contributed by atoms with E-state index in [0.717, 1.165) is 13.0 Å². The Labute approximate surface area is 209 Å². The Morgan fingerprint density at radius 3 is 2.17 bits per heavy atom. The Kier molecular flexibility index (Phi) is 5.00. The van der Waals surface area contributed by atoms with Crippen LogP contribution in [0.15, 0.2) is 85.1 Å².